The maximum atomic E-state index is 11.2. The first-order chi connectivity index (χ1) is 9.10. The van der Waals surface area contributed by atoms with Crippen LogP contribution in [0.1, 0.15) is 23.3 Å². The summed E-state index contributed by atoms with van der Waals surface area (Å²) in [6, 6.07) is 3.07. The number of esters is 1. The van der Waals surface area contributed by atoms with Gasteiger partial charge in [0.25, 0.3) is 0 Å². The third kappa shape index (κ3) is 3.64. The molecule has 0 unspecified atom stereocenters. The Morgan fingerprint density at radius 1 is 1.42 bits per heavy atom. The summed E-state index contributed by atoms with van der Waals surface area (Å²) in [6.07, 6.45) is 2.23. The normalized spacial score (nSPS) is 13.9. The minimum atomic E-state index is -0.917. The van der Waals surface area contributed by atoms with Crippen molar-refractivity contribution in [3.05, 3.63) is 17.8 Å². The van der Waals surface area contributed by atoms with Crippen molar-refractivity contribution in [2.24, 2.45) is 5.92 Å². The van der Waals surface area contributed by atoms with E-state index in [0.717, 1.165) is 12.8 Å². The van der Waals surface area contributed by atoms with Crippen molar-refractivity contribution in [3.8, 4) is 0 Å². The van der Waals surface area contributed by atoms with Crippen molar-refractivity contribution in [2.45, 2.75) is 12.8 Å². The zero-order chi connectivity index (χ0) is 13.8. The van der Waals surface area contributed by atoms with Crippen molar-refractivity contribution in [2.75, 3.05) is 25.1 Å². The first-order valence-electron chi connectivity index (χ1n) is 5.99. The number of carbonyl (C=O) groups is 2. The van der Waals surface area contributed by atoms with Crippen molar-refractivity contribution >= 4 is 17.8 Å². The number of anilines is 1. The Bertz CT molecular complexity index is 470. The third-order valence-electron chi connectivity index (χ3n) is 2.87. The molecule has 0 aromatic carbocycles. The lowest BCUT2D eigenvalue weighted by molar-refractivity contribution is -0.135. The van der Waals surface area contributed by atoms with E-state index in [1.54, 1.807) is 11.0 Å². The SMILES string of the molecule is COC(=O)c1ccc(N(CC(=O)O)CC2CC2)nn1. The molecule has 1 N–H and O–H groups in total. The van der Waals surface area contributed by atoms with Crippen LogP contribution in [-0.4, -0.2) is 47.4 Å². The van der Waals surface area contributed by atoms with Crippen LogP contribution < -0.4 is 4.90 Å². The molecular formula is C12H15N3O4. The van der Waals surface area contributed by atoms with Gasteiger partial charge in [-0.1, -0.05) is 0 Å². The zero-order valence-corrected chi connectivity index (χ0v) is 10.6. The van der Waals surface area contributed by atoms with Crippen molar-refractivity contribution < 1.29 is 19.4 Å². The highest BCUT2D eigenvalue weighted by molar-refractivity contribution is 5.87. The van der Waals surface area contributed by atoms with Gasteiger partial charge in [0.05, 0.1) is 7.11 Å². The van der Waals surface area contributed by atoms with Crippen LogP contribution in [0, 0.1) is 5.92 Å². The number of ether oxygens (including phenoxy) is 1. The lowest BCUT2D eigenvalue weighted by Gasteiger charge is -2.20. The molecule has 1 fully saturated rings. The van der Waals surface area contributed by atoms with Gasteiger partial charge in [0, 0.05) is 6.54 Å². The molecule has 0 spiro atoms. The largest absolute Gasteiger partial charge is 0.480 e. The highest BCUT2D eigenvalue weighted by atomic mass is 16.5. The third-order valence-corrected chi connectivity index (χ3v) is 2.87. The number of hydrogen-bond acceptors (Lipinski definition) is 6. The number of carbonyl (C=O) groups excluding carboxylic acids is 1. The maximum Gasteiger partial charge on any atom is 0.358 e. The molecule has 0 atom stereocenters. The van der Waals surface area contributed by atoms with Gasteiger partial charge in [0.15, 0.2) is 11.5 Å². The van der Waals surface area contributed by atoms with Crippen LogP contribution in [0.3, 0.4) is 0 Å². The fraction of sp³-hybridized carbons (Fsp3) is 0.500. The number of aromatic nitrogens is 2. The molecule has 1 heterocycles. The molecule has 7 heteroatoms. The Labute approximate surface area is 110 Å². The first kappa shape index (κ1) is 13.3. The fourth-order valence-electron chi connectivity index (χ4n) is 1.72. The molecule has 1 aromatic heterocycles. The van der Waals surface area contributed by atoms with E-state index in [-0.39, 0.29) is 12.2 Å². The van der Waals surface area contributed by atoms with E-state index in [4.69, 9.17) is 5.11 Å². The average molecular weight is 265 g/mol. The summed E-state index contributed by atoms with van der Waals surface area (Å²) in [6.45, 7) is 0.529. The highest BCUT2D eigenvalue weighted by Crippen LogP contribution is 2.30. The Morgan fingerprint density at radius 2 is 2.16 bits per heavy atom. The Hall–Kier alpha value is -2.18. The van der Waals surface area contributed by atoms with Gasteiger partial charge in [-0.05, 0) is 30.9 Å². The molecule has 102 valence electrons. The van der Waals surface area contributed by atoms with E-state index in [1.165, 1.54) is 13.2 Å². The number of aliphatic carboxylic acids is 1. The second-order valence-corrected chi connectivity index (χ2v) is 4.49. The van der Waals surface area contributed by atoms with Crippen LogP contribution >= 0.6 is 0 Å². The van der Waals surface area contributed by atoms with Gasteiger partial charge in [-0.25, -0.2) is 4.79 Å². The number of methoxy groups -OCH3 is 1. The number of carboxylic acid groups (broad SMARTS) is 1. The lowest BCUT2D eigenvalue weighted by atomic mass is 10.3. The topological polar surface area (TPSA) is 92.6 Å². The van der Waals surface area contributed by atoms with Gasteiger partial charge >= 0.3 is 11.9 Å². The summed E-state index contributed by atoms with van der Waals surface area (Å²) < 4.78 is 4.53. The molecule has 1 aliphatic rings. The molecule has 0 aliphatic heterocycles. The average Bonchev–Trinajstić information content (AvgIpc) is 3.21. The second kappa shape index (κ2) is 5.64. The van der Waals surface area contributed by atoms with Gasteiger partial charge in [0.1, 0.15) is 6.54 Å². The summed E-state index contributed by atoms with van der Waals surface area (Å²) >= 11 is 0. The van der Waals surface area contributed by atoms with Crippen LogP contribution in [0.5, 0.6) is 0 Å². The monoisotopic (exact) mass is 265 g/mol. The van der Waals surface area contributed by atoms with Gasteiger partial charge in [-0.15, -0.1) is 10.2 Å². The van der Waals surface area contributed by atoms with Gasteiger partial charge in [0.2, 0.25) is 0 Å². The van der Waals surface area contributed by atoms with Crippen LogP contribution in [0.25, 0.3) is 0 Å². The molecule has 2 rings (SSSR count). The van der Waals surface area contributed by atoms with Crippen molar-refractivity contribution in [3.63, 3.8) is 0 Å². The van der Waals surface area contributed by atoms with E-state index in [9.17, 15) is 9.59 Å². The number of carboxylic acids is 1. The quantitative estimate of drug-likeness (QED) is 0.751. The van der Waals surface area contributed by atoms with E-state index < -0.39 is 11.9 Å². The van der Waals surface area contributed by atoms with Gasteiger partial charge in [-0.3, -0.25) is 4.79 Å². The summed E-state index contributed by atoms with van der Waals surface area (Å²) in [7, 11) is 1.27. The predicted octanol–water partition coefficient (Wildman–Crippen LogP) is 0.564. The molecular weight excluding hydrogens is 250 g/mol. The smallest absolute Gasteiger partial charge is 0.358 e. The van der Waals surface area contributed by atoms with Crippen LogP contribution in [0.15, 0.2) is 12.1 Å². The predicted molar refractivity (Wildman–Crippen MR) is 65.9 cm³/mol. The Balaban J connectivity index is 2.11. The van der Waals surface area contributed by atoms with E-state index in [0.29, 0.717) is 18.3 Å². The zero-order valence-electron chi connectivity index (χ0n) is 10.6. The number of hydrogen-bond donors (Lipinski definition) is 1. The molecule has 1 aliphatic carbocycles. The van der Waals surface area contributed by atoms with E-state index in [1.807, 2.05) is 0 Å². The lowest BCUT2D eigenvalue weighted by Crippen LogP contribution is -2.32. The summed E-state index contributed by atoms with van der Waals surface area (Å²) in [4.78, 5) is 23.7. The second-order valence-electron chi connectivity index (χ2n) is 4.49. The van der Waals surface area contributed by atoms with Gasteiger partial charge in [-0.2, -0.15) is 0 Å². The Morgan fingerprint density at radius 3 is 2.63 bits per heavy atom. The molecule has 0 radical (unpaired) electrons. The molecule has 7 nitrogen and oxygen atoms in total. The molecule has 1 saturated carbocycles. The number of rotatable bonds is 6. The summed E-state index contributed by atoms with van der Waals surface area (Å²) in [5, 5.41) is 16.5. The molecule has 0 saturated heterocycles. The maximum absolute atomic E-state index is 11.2. The molecule has 1 aromatic rings. The molecule has 0 bridgehead atoms. The standard InChI is InChI=1S/C12H15N3O4/c1-19-12(18)9-4-5-10(14-13-9)15(7-11(16)17)6-8-2-3-8/h4-5,8H,2-3,6-7H2,1H3,(H,16,17). The first-order valence-corrected chi connectivity index (χ1v) is 5.99. The minimum absolute atomic E-state index is 0.105. The minimum Gasteiger partial charge on any atom is -0.480 e. The summed E-state index contributed by atoms with van der Waals surface area (Å²) in [5.74, 6) is -0.492. The van der Waals surface area contributed by atoms with Gasteiger partial charge < -0.3 is 14.7 Å². The molecule has 19 heavy (non-hydrogen) atoms. The fourth-order valence-corrected chi connectivity index (χ4v) is 1.72. The van der Waals surface area contributed by atoms with E-state index >= 15 is 0 Å². The number of nitrogens with zero attached hydrogens (tertiary/aromatic N) is 3. The van der Waals surface area contributed by atoms with Crippen LogP contribution in [0.4, 0.5) is 5.82 Å². The van der Waals surface area contributed by atoms with Crippen molar-refractivity contribution in [1.82, 2.24) is 10.2 Å². The Kier molecular flexibility index (Phi) is 3.94. The van der Waals surface area contributed by atoms with E-state index in [2.05, 4.69) is 14.9 Å². The van der Waals surface area contributed by atoms with Crippen LogP contribution in [-0.2, 0) is 9.53 Å². The highest BCUT2D eigenvalue weighted by Gasteiger charge is 2.26. The van der Waals surface area contributed by atoms with Crippen molar-refractivity contribution in [1.29, 1.82) is 0 Å². The molecule has 0 amide bonds. The van der Waals surface area contributed by atoms with Crippen LogP contribution in [0.2, 0.25) is 0 Å². The summed E-state index contributed by atoms with van der Waals surface area (Å²) in [5.41, 5.74) is 0.105.